The summed E-state index contributed by atoms with van der Waals surface area (Å²) in [5.41, 5.74) is -11.7. The highest BCUT2D eigenvalue weighted by Crippen LogP contribution is 2.59. The predicted molar refractivity (Wildman–Crippen MR) is 89.3 cm³/mol. The van der Waals surface area contributed by atoms with Crippen LogP contribution >= 0.6 is 0 Å². The van der Waals surface area contributed by atoms with Crippen molar-refractivity contribution in [1.29, 1.82) is 0 Å². The van der Waals surface area contributed by atoms with Crippen molar-refractivity contribution >= 4 is 20.2 Å². The molecular weight excluding hydrogens is 468 g/mol. The van der Waals surface area contributed by atoms with Gasteiger partial charge in [0, 0.05) is 29.3 Å². The Labute approximate surface area is 167 Å². The van der Waals surface area contributed by atoms with E-state index in [4.69, 9.17) is 0 Å². The zero-order chi connectivity index (χ0) is 22.9. The lowest BCUT2D eigenvalue weighted by Gasteiger charge is -2.26. The summed E-state index contributed by atoms with van der Waals surface area (Å²) >= 11 is 0. The van der Waals surface area contributed by atoms with Crippen LogP contribution in [0.25, 0.3) is 0 Å². The Morgan fingerprint density at radius 1 is 0.833 bits per heavy atom. The molecule has 1 aromatic rings. The molecule has 0 N–H and O–H groups in total. The van der Waals surface area contributed by atoms with Crippen LogP contribution in [-0.2, 0) is 20.2 Å². The highest BCUT2D eigenvalue weighted by molar-refractivity contribution is 7.88. The molecule has 0 spiro atoms. The van der Waals surface area contributed by atoms with Crippen LogP contribution in [0.1, 0.15) is 49.9 Å². The first-order valence-electron chi connectivity index (χ1n) is 8.43. The average molecular weight is 483 g/mol. The van der Waals surface area contributed by atoms with Gasteiger partial charge in [-0.3, -0.25) is 4.90 Å². The van der Waals surface area contributed by atoms with E-state index in [0.717, 1.165) is 0 Å². The summed E-state index contributed by atoms with van der Waals surface area (Å²) in [7, 11) is -12.1. The fourth-order valence-electron chi connectivity index (χ4n) is 3.90. The molecule has 7 nitrogen and oxygen atoms in total. The third kappa shape index (κ3) is 3.60. The Hall–Kier alpha value is -1.74. The normalized spacial score (nSPS) is 22.4. The van der Waals surface area contributed by atoms with E-state index in [2.05, 4.69) is 8.37 Å². The molecule has 2 bridgehead atoms. The molecule has 0 aliphatic carbocycles. The second-order valence-electron chi connectivity index (χ2n) is 7.01. The molecule has 1 fully saturated rings. The van der Waals surface area contributed by atoms with E-state index in [1.54, 1.807) is 18.7 Å². The third-order valence-electron chi connectivity index (χ3n) is 4.87. The van der Waals surface area contributed by atoms with Gasteiger partial charge in [0.05, 0.1) is 0 Å². The van der Waals surface area contributed by atoms with Crippen LogP contribution in [-0.4, -0.2) is 38.8 Å². The molecule has 2 atom stereocenters. The van der Waals surface area contributed by atoms with Crippen molar-refractivity contribution < 1.29 is 51.5 Å². The molecule has 0 radical (unpaired) electrons. The van der Waals surface area contributed by atoms with Crippen LogP contribution < -0.4 is 8.37 Å². The monoisotopic (exact) mass is 483 g/mol. The van der Waals surface area contributed by atoms with Crippen LogP contribution in [0, 0.1) is 0 Å². The van der Waals surface area contributed by atoms with Crippen molar-refractivity contribution in [3.8, 4) is 11.5 Å². The van der Waals surface area contributed by atoms with Gasteiger partial charge in [0.25, 0.3) is 0 Å². The number of hydrogen-bond donors (Lipinski definition) is 0. The zero-order valence-corrected chi connectivity index (χ0v) is 16.9. The maximum absolute atomic E-state index is 12.7. The maximum Gasteiger partial charge on any atom is 0.534 e. The van der Waals surface area contributed by atoms with E-state index < -0.39 is 54.8 Å². The van der Waals surface area contributed by atoms with Gasteiger partial charge in [0.15, 0.2) is 0 Å². The summed E-state index contributed by atoms with van der Waals surface area (Å²) in [5.74, 6) is -1.48. The summed E-state index contributed by atoms with van der Waals surface area (Å²) in [6, 6.07) is -0.291. The van der Waals surface area contributed by atoms with Crippen LogP contribution in [0.4, 0.5) is 26.3 Å². The van der Waals surface area contributed by atoms with Gasteiger partial charge >= 0.3 is 31.3 Å². The number of halogens is 6. The van der Waals surface area contributed by atoms with Gasteiger partial charge in [-0.15, -0.1) is 0 Å². The van der Waals surface area contributed by atoms with E-state index in [1.165, 1.54) is 0 Å². The van der Waals surface area contributed by atoms with Crippen LogP contribution in [0.2, 0.25) is 0 Å². The molecule has 1 aromatic carbocycles. The van der Waals surface area contributed by atoms with E-state index in [-0.39, 0.29) is 17.2 Å². The standard InChI is InChI=1S/C15H15F6NO6S2/c1-7(2)22-8-3-4-9(22)13-11(28-30(25,26)15(19,20)21)6-5-10(12(8)13)27-29(23,24)14(16,17)18/h5-9H,3-4H2,1-2H3. The Kier molecular flexibility index (Phi) is 5.26. The third-order valence-corrected chi connectivity index (χ3v) is 6.80. The fourth-order valence-corrected chi connectivity index (χ4v) is 4.85. The van der Waals surface area contributed by atoms with Crippen molar-refractivity contribution in [2.75, 3.05) is 0 Å². The van der Waals surface area contributed by atoms with Crippen molar-refractivity contribution in [3.05, 3.63) is 23.3 Å². The molecule has 0 amide bonds. The van der Waals surface area contributed by atoms with Gasteiger partial charge in [0.1, 0.15) is 11.5 Å². The molecule has 3 rings (SSSR count). The number of benzene rings is 1. The van der Waals surface area contributed by atoms with Gasteiger partial charge in [-0.2, -0.15) is 43.2 Å². The number of rotatable bonds is 5. The number of alkyl halides is 6. The molecule has 2 unspecified atom stereocenters. The molecule has 170 valence electrons. The number of nitrogens with zero attached hydrogens (tertiary/aromatic N) is 1. The molecule has 15 heteroatoms. The van der Waals surface area contributed by atoms with Crippen molar-refractivity contribution in [2.24, 2.45) is 0 Å². The first-order valence-corrected chi connectivity index (χ1v) is 11.3. The minimum atomic E-state index is -6.06. The second kappa shape index (κ2) is 6.88. The largest absolute Gasteiger partial charge is 0.534 e. The molecule has 0 saturated carbocycles. The summed E-state index contributed by atoms with van der Waals surface area (Å²) in [6.45, 7) is 3.44. The topological polar surface area (TPSA) is 90.0 Å². The van der Waals surface area contributed by atoms with E-state index in [9.17, 15) is 43.2 Å². The van der Waals surface area contributed by atoms with Crippen molar-refractivity contribution in [2.45, 2.75) is 55.8 Å². The minimum absolute atomic E-state index is 0.136. The number of fused-ring (bicyclic) bond motifs is 5. The first kappa shape index (κ1) is 22.9. The molecule has 2 aliphatic heterocycles. The van der Waals surface area contributed by atoms with Crippen molar-refractivity contribution in [3.63, 3.8) is 0 Å². The average Bonchev–Trinajstić information content (AvgIpc) is 3.11. The highest BCUT2D eigenvalue weighted by atomic mass is 32.2. The summed E-state index contributed by atoms with van der Waals surface area (Å²) < 4.78 is 131. The summed E-state index contributed by atoms with van der Waals surface area (Å²) in [5, 5.41) is 0. The van der Waals surface area contributed by atoms with E-state index >= 15 is 0 Å². The van der Waals surface area contributed by atoms with Crippen LogP contribution in [0.5, 0.6) is 11.5 Å². The van der Waals surface area contributed by atoms with Crippen LogP contribution in [0.3, 0.4) is 0 Å². The molecule has 30 heavy (non-hydrogen) atoms. The SMILES string of the molecule is CC(C)N1C2CCC1c1c(OS(=O)(=O)C(F)(F)F)ccc(OS(=O)(=O)C(F)(F)F)c12. The Morgan fingerprint density at radius 3 is 1.43 bits per heavy atom. The molecule has 0 aromatic heterocycles. The Balaban J connectivity index is 2.16. The lowest BCUT2D eigenvalue weighted by Crippen LogP contribution is -2.29. The Bertz CT molecular complexity index is 983. The lowest BCUT2D eigenvalue weighted by molar-refractivity contribution is -0.0506. The van der Waals surface area contributed by atoms with Gasteiger partial charge < -0.3 is 8.37 Å². The number of hydrogen-bond acceptors (Lipinski definition) is 7. The summed E-state index contributed by atoms with van der Waals surface area (Å²) in [6.07, 6.45) is 0.710. The molecule has 2 aliphatic rings. The predicted octanol–water partition coefficient (Wildman–Crippen LogP) is 3.74. The Morgan fingerprint density at radius 2 is 1.17 bits per heavy atom. The van der Waals surface area contributed by atoms with Crippen LogP contribution in [0.15, 0.2) is 12.1 Å². The first-order chi connectivity index (χ1) is 13.5. The van der Waals surface area contributed by atoms with Gasteiger partial charge in [-0.05, 0) is 38.8 Å². The van der Waals surface area contributed by atoms with Crippen molar-refractivity contribution in [1.82, 2.24) is 4.90 Å². The minimum Gasteiger partial charge on any atom is -0.376 e. The smallest absolute Gasteiger partial charge is 0.376 e. The molecular formula is C15H15F6NO6S2. The fraction of sp³-hybridized carbons (Fsp3) is 0.600. The zero-order valence-electron chi connectivity index (χ0n) is 15.3. The maximum atomic E-state index is 12.7. The summed E-state index contributed by atoms with van der Waals surface area (Å²) in [4.78, 5) is 1.73. The lowest BCUT2D eigenvalue weighted by atomic mass is 9.90. The quantitative estimate of drug-likeness (QED) is 0.358. The van der Waals surface area contributed by atoms with E-state index in [1.807, 2.05) is 0 Å². The molecule has 1 saturated heterocycles. The van der Waals surface area contributed by atoms with E-state index in [0.29, 0.717) is 25.0 Å². The van der Waals surface area contributed by atoms with Gasteiger partial charge in [0.2, 0.25) is 0 Å². The second-order valence-corrected chi connectivity index (χ2v) is 10.1. The molecule has 2 heterocycles. The van der Waals surface area contributed by atoms with Gasteiger partial charge in [-0.1, -0.05) is 0 Å². The van der Waals surface area contributed by atoms with Gasteiger partial charge in [-0.25, -0.2) is 0 Å². The highest BCUT2D eigenvalue weighted by Gasteiger charge is 2.54.